The number of aliphatic hydroxyl groups is 1. The highest BCUT2D eigenvalue weighted by atomic mass is 79.9. The van der Waals surface area contributed by atoms with Crippen LogP contribution < -0.4 is 21.3 Å². The fraction of sp³-hybridized carbons (Fsp3) is 0.500. The van der Waals surface area contributed by atoms with Gasteiger partial charge in [-0.15, -0.1) is 0 Å². The third-order valence-corrected chi connectivity index (χ3v) is 7.02. The van der Waals surface area contributed by atoms with Crippen molar-refractivity contribution in [3.8, 4) is 5.75 Å². The summed E-state index contributed by atoms with van der Waals surface area (Å²) in [4.78, 5) is 42.6. The number of benzene rings is 1. The zero-order chi connectivity index (χ0) is 26.0. The second kappa shape index (κ2) is 10.9. The van der Waals surface area contributed by atoms with Gasteiger partial charge < -0.3 is 19.9 Å². The SMILES string of the molecule is CCn1c(=O)c2c(nc(N[C@@H]3CCC[C@H]3O)n2Cc2ccc(OC)c(Br)c2)n(CCOC(C)=O)c1=O. The molecule has 2 aromatic heterocycles. The Hall–Kier alpha value is -3.12. The molecule has 12 heteroatoms. The average Bonchev–Trinajstić information content (AvgIpc) is 3.40. The summed E-state index contributed by atoms with van der Waals surface area (Å²) in [5, 5.41) is 13.7. The number of aromatic nitrogens is 4. The minimum Gasteiger partial charge on any atom is -0.496 e. The topological polar surface area (TPSA) is 130 Å². The molecule has 0 amide bonds. The quantitative estimate of drug-likeness (QED) is 0.378. The van der Waals surface area contributed by atoms with E-state index in [1.54, 1.807) is 18.6 Å². The van der Waals surface area contributed by atoms with E-state index in [1.165, 1.54) is 11.5 Å². The molecular weight excluding hydrogens is 534 g/mol. The first-order valence-electron chi connectivity index (χ1n) is 11.9. The number of ether oxygens (including phenoxy) is 2. The highest BCUT2D eigenvalue weighted by Crippen LogP contribution is 2.28. The van der Waals surface area contributed by atoms with Gasteiger partial charge in [-0.2, -0.15) is 4.98 Å². The summed E-state index contributed by atoms with van der Waals surface area (Å²) in [5.41, 5.74) is 0.343. The van der Waals surface area contributed by atoms with Crippen LogP contribution >= 0.6 is 15.9 Å². The van der Waals surface area contributed by atoms with Crippen molar-refractivity contribution >= 4 is 39.0 Å². The third-order valence-electron chi connectivity index (χ3n) is 6.40. The molecule has 0 bridgehead atoms. The number of carbonyl (C=O) groups excluding carboxylic acids is 1. The van der Waals surface area contributed by atoms with E-state index in [0.717, 1.165) is 27.4 Å². The van der Waals surface area contributed by atoms with Gasteiger partial charge in [0.15, 0.2) is 11.2 Å². The number of methoxy groups -OCH3 is 1. The van der Waals surface area contributed by atoms with E-state index in [-0.39, 0.29) is 43.4 Å². The number of carbonyl (C=O) groups is 1. The zero-order valence-electron chi connectivity index (χ0n) is 20.5. The molecule has 11 nitrogen and oxygen atoms in total. The molecule has 194 valence electrons. The van der Waals surface area contributed by atoms with Gasteiger partial charge in [0.25, 0.3) is 5.56 Å². The van der Waals surface area contributed by atoms with Crippen LogP contribution in [-0.2, 0) is 29.2 Å². The van der Waals surface area contributed by atoms with Crippen LogP contribution in [0.4, 0.5) is 5.95 Å². The van der Waals surface area contributed by atoms with Crippen LogP contribution in [0.2, 0.25) is 0 Å². The van der Waals surface area contributed by atoms with Crippen molar-refractivity contribution in [1.82, 2.24) is 18.7 Å². The predicted octanol–water partition coefficient (Wildman–Crippen LogP) is 2.09. The number of aliphatic hydroxyl groups excluding tert-OH is 1. The molecule has 1 fully saturated rings. The average molecular weight is 564 g/mol. The van der Waals surface area contributed by atoms with Crippen molar-refractivity contribution < 1.29 is 19.4 Å². The van der Waals surface area contributed by atoms with E-state index in [4.69, 9.17) is 9.47 Å². The summed E-state index contributed by atoms with van der Waals surface area (Å²) in [7, 11) is 1.58. The first-order chi connectivity index (χ1) is 17.2. The van der Waals surface area contributed by atoms with Gasteiger partial charge in [0, 0.05) is 13.5 Å². The second-order valence-electron chi connectivity index (χ2n) is 8.74. The van der Waals surface area contributed by atoms with Crippen molar-refractivity contribution in [3.05, 3.63) is 49.1 Å². The van der Waals surface area contributed by atoms with Crippen LogP contribution in [0, 0.1) is 0 Å². The van der Waals surface area contributed by atoms with Crippen LogP contribution in [0.3, 0.4) is 0 Å². The number of imidazole rings is 1. The smallest absolute Gasteiger partial charge is 0.332 e. The maximum absolute atomic E-state index is 13.5. The van der Waals surface area contributed by atoms with Crippen molar-refractivity contribution in [1.29, 1.82) is 0 Å². The maximum Gasteiger partial charge on any atom is 0.332 e. The Bertz CT molecular complexity index is 1390. The van der Waals surface area contributed by atoms with Gasteiger partial charge in [-0.25, -0.2) is 4.79 Å². The molecule has 1 saturated carbocycles. The molecule has 0 spiro atoms. The Morgan fingerprint density at radius 1 is 1.25 bits per heavy atom. The fourth-order valence-electron chi connectivity index (χ4n) is 4.58. The summed E-state index contributed by atoms with van der Waals surface area (Å²) in [6, 6.07) is 5.39. The first-order valence-corrected chi connectivity index (χ1v) is 12.7. The zero-order valence-corrected chi connectivity index (χ0v) is 22.1. The summed E-state index contributed by atoms with van der Waals surface area (Å²) in [6.45, 7) is 3.48. The van der Waals surface area contributed by atoms with Crippen molar-refractivity contribution in [2.24, 2.45) is 0 Å². The number of halogens is 1. The molecule has 2 heterocycles. The molecule has 0 saturated heterocycles. The highest BCUT2D eigenvalue weighted by molar-refractivity contribution is 9.10. The van der Waals surface area contributed by atoms with E-state index in [9.17, 15) is 19.5 Å². The van der Waals surface area contributed by atoms with Crippen molar-refractivity contribution in [2.75, 3.05) is 19.0 Å². The number of hydrogen-bond donors (Lipinski definition) is 2. The Balaban J connectivity index is 1.89. The number of nitrogens with zero attached hydrogens (tertiary/aromatic N) is 4. The molecule has 1 aromatic carbocycles. The summed E-state index contributed by atoms with van der Waals surface area (Å²) in [5.74, 6) is 0.597. The van der Waals surface area contributed by atoms with Gasteiger partial charge in [-0.05, 0) is 59.8 Å². The summed E-state index contributed by atoms with van der Waals surface area (Å²) >= 11 is 3.51. The van der Waals surface area contributed by atoms with Crippen molar-refractivity contribution in [3.63, 3.8) is 0 Å². The Morgan fingerprint density at radius 3 is 2.64 bits per heavy atom. The largest absolute Gasteiger partial charge is 0.496 e. The van der Waals surface area contributed by atoms with Crippen LogP contribution in [-0.4, -0.2) is 55.6 Å². The third kappa shape index (κ3) is 5.05. The number of hydrogen-bond acceptors (Lipinski definition) is 8. The van der Waals surface area contributed by atoms with E-state index in [2.05, 4.69) is 26.2 Å². The predicted molar refractivity (Wildman–Crippen MR) is 138 cm³/mol. The molecule has 0 unspecified atom stereocenters. The van der Waals surface area contributed by atoms with E-state index in [0.29, 0.717) is 18.1 Å². The van der Waals surface area contributed by atoms with Gasteiger partial charge in [0.05, 0.1) is 36.8 Å². The molecule has 0 aliphatic heterocycles. The minimum absolute atomic E-state index is 0.0331. The van der Waals surface area contributed by atoms with E-state index in [1.807, 2.05) is 18.2 Å². The van der Waals surface area contributed by atoms with Gasteiger partial charge in [0.1, 0.15) is 12.4 Å². The first kappa shape index (κ1) is 26.0. The molecule has 2 atom stereocenters. The Labute approximate surface area is 215 Å². The second-order valence-corrected chi connectivity index (χ2v) is 9.59. The molecule has 3 aromatic rings. The van der Waals surface area contributed by atoms with Crippen LogP contribution in [0.5, 0.6) is 5.75 Å². The lowest BCUT2D eigenvalue weighted by molar-refractivity contribution is -0.141. The van der Waals surface area contributed by atoms with Crippen LogP contribution in [0.25, 0.3) is 11.2 Å². The van der Waals surface area contributed by atoms with E-state index < -0.39 is 23.3 Å². The minimum atomic E-state index is -0.535. The van der Waals surface area contributed by atoms with Gasteiger partial charge >= 0.3 is 11.7 Å². The number of fused-ring (bicyclic) bond motifs is 1. The van der Waals surface area contributed by atoms with Crippen LogP contribution in [0.15, 0.2) is 32.3 Å². The van der Waals surface area contributed by atoms with Gasteiger partial charge in [0.2, 0.25) is 5.95 Å². The summed E-state index contributed by atoms with van der Waals surface area (Å²) < 4.78 is 15.4. The highest BCUT2D eigenvalue weighted by Gasteiger charge is 2.28. The number of rotatable bonds is 9. The lowest BCUT2D eigenvalue weighted by atomic mass is 10.2. The van der Waals surface area contributed by atoms with Gasteiger partial charge in [-0.3, -0.25) is 23.3 Å². The molecule has 1 aliphatic carbocycles. The molecule has 0 radical (unpaired) electrons. The molecular formula is C24H30BrN5O6. The van der Waals surface area contributed by atoms with E-state index >= 15 is 0 Å². The standard InChI is InChI=1S/C24H30BrN5O6/c1-4-28-22(33)20-21(29(24(28)34)10-11-36-14(2)31)27-23(26-17-6-5-7-18(17)32)30(20)13-15-8-9-19(35-3)16(25)12-15/h8-9,12,17-18,32H,4-7,10-11,13H2,1-3H3,(H,26,27)/t17-,18-/m1/s1. The fourth-order valence-corrected chi connectivity index (χ4v) is 5.17. The lowest BCUT2D eigenvalue weighted by Crippen LogP contribution is -2.41. The number of nitrogens with one attached hydrogen (secondary N) is 1. The maximum atomic E-state index is 13.5. The summed E-state index contributed by atoms with van der Waals surface area (Å²) in [6.07, 6.45) is 1.78. The Kier molecular flexibility index (Phi) is 7.84. The molecule has 1 aliphatic rings. The lowest BCUT2D eigenvalue weighted by Gasteiger charge is -2.18. The van der Waals surface area contributed by atoms with Crippen LogP contribution in [0.1, 0.15) is 38.7 Å². The Morgan fingerprint density at radius 2 is 2.03 bits per heavy atom. The number of anilines is 1. The normalized spacial score (nSPS) is 17.5. The van der Waals surface area contributed by atoms with Crippen molar-refractivity contribution in [2.45, 2.75) is 64.9 Å². The van der Waals surface area contributed by atoms with Gasteiger partial charge in [-0.1, -0.05) is 6.07 Å². The molecule has 4 rings (SSSR count). The monoisotopic (exact) mass is 563 g/mol. The molecule has 2 N–H and O–H groups in total. The molecule has 36 heavy (non-hydrogen) atoms. The number of esters is 1.